The molecule has 0 aromatic carbocycles. The Kier molecular flexibility index (Phi) is 5.07. The molecule has 0 spiro atoms. The van der Waals surface area contributed by atoms with Crippen molar-refractivity contribution in [1.82, 2.24) is 5.32 Å². The first kappa shape index (κ1) is 16.8. The number of nitrogens with two attached hydrogens (primary N) is 1. The maximum atomic E-state index is 13.3. The second-order valence-electron chi connectivity index (χ2n) is 6.17. The van der Waals surface area contributed by atoms with Crippen LogP contribution in [-0.2, 0) is 14.3 Å². The summed E-state index contributed by atoms with van der Waals surface area (Å²) in [6, 6.07) is -0.603. The summed E-state index contributed by atoms with van der Waals surface area (Å²) in [4.78, 5) is 23.3. The van der Waals surface area contributed by atoms with Crippen LogP contribution >= 0.6 is 0 Å². The summed E-state index contributed by atoms with van der Waals surface area (Å²) < 4.78 is 31.6. The number of amides is 1. The van der Waals surface area contributed by atoms with E-state index in [0.29, 0.717) is 0 Å². The fraction of sp³-hybridized carbons (Fsp3) is 0.846. The van der Waals surface area contributed by atoms with E-state index < -0.39 is 41.8 Å². The second-order valence-corrected chi connectivity index (χ2v) is 6.17. The Hall–Kier alpha value is -1.24. The molecule has 20 heavy (non-hydrogen) atoms. The summed E-state index contributed by atoms with van der Waals surface area (Å²) in [7, 11) is 0. The van der Waals surface area contributed by atoms with Crippen molar-refractivity contribution in [2.45, 2.75) is 57.6 Å². The maximum Gasteiger partial charge on any atom is 0.325 e. The molecule has 0 unspecified atom stereocenters. The van der Waals surface area contributed by atoms with Gasteiger partial charge in [-0.15, -0.1) is 0 Å². The van der Waals surface area contributed by atoms with E-state index in [1.807, 2.05) is 0 Å². The van der Waals surface area contributed by atoms with E-state index in [1.165, 1.54) is 0 Å². The van der Waals surface area contributed by atoms with E-state index in [-0.39, 0.29) is 19.4 Å². The van der Waals surface area contributed by atoms with Crippen molar-refractivity contribution in [2.24, 2.45) is 11.7 Å². The number of esters is 1. The largest absolute Gasteiger partial charge is 0.459 e. The van der Waals surface area contributed by atoms with Crippen molar-refractivity contribution in [3.63, 3.8) is 0 Å². The average molecular weight is 292 g/mol. The van der Waals surface area contributed by atoms with Crippen LogP contribution in [-0.4, -0.2) is 36.0 Å². The van der Waals surface area contributed by atoms with E-state index in [0.717, 1.165) is 0 Å². The third-order valence-electron chi connectivity index (χ3n) is 3.04. The topological polar surface area (TPSA) is 81.4 Å². The Morgan fingerprint density at radius 2 is 2.00 bits per heavy atom. The highest BCUT2D eigenvalue weighted by Crippen LogP contribution is 2.36. The van der Waals surface area contributed by atoms with Crippen LogP contribution in [0, 0.1) is 5.92 Å². The van der Waals surface area contributed by atoms with Gasteiger partial charge in [0, 0.05) is 18.9 Å². The predicted molar refractivity (Wildman–Crippen MR) is 69.1 cm³/mol. The molecule has 0 radical (unpaired) electrons. The molecule has 2 atom stereocenters. The number of halogens is 2. The lowest BCUT2D eigenvalue weighted by Crippen LogP contribution is -2.49. The lowest BCUT2D eigenvalue weighted by atomic mass is 9.82. The van der Waals surface area contributed by atoms with E-state index in [1.54, 1.807) is 20.8 Å². The molecule has 0 bridgehead atoms. The maximum absolute atomic E-state index is 13.3. The van der Waals surface area contributed by atoms with Gasteiger partial charge < -0.3 is 15.8 Å². The first-order valence-electron chi connectivity index (χ1n) is 6.63. The molecule has 116 valence electrons. The van der Waals surface area contributed by atoms with Gasteiger partial charge in [0.05, 0.1) is 5.92 Å². The summed E-state index contributed by atoms with van der Waals surface area (Å²) in [6.07, 6.45) is -0.782. The highest BCUT2D eigenvalue weighted by molar-refractivity contribution is 5.84. The van der Waals surface area contributed by atoms with Crippen LogP contribution in [0.15, 0.2) is 0 Å². The number of rotatable bonds is 3. The number of alkyl halides is 2. The van der Waals surface area contributed by atoms with Crippen molar-refractivity contribution >= 4 is 11.9 Å². The SMILES string of the molecule is CC(C)(C)OC(=O)CNC(=O)[C@@H]1CC(F)(F)CC[C@H]1N. The molecule has 1 amide bonds. The van der Waals surface area contributed by atoms with Gasteiger partial charge in [0.2, 0.25) is 11.8 Å². The van der Waals surface area contributed by atoms with Gasteiger partial charge in [0.1, 0.15) is 12.1 Å². The molecule has 1 aliphatic rings. The summed E-state index contributed by atoms with van der Waals surface area (Å²) in [6.45, 7) is 4.75. The Bertz CT molecular complexity index is 380. The van der Waals surface area contributed by atoms with E-state index in [2.05, 4.69) is 5.32 Å². The normalized spacial score (nSPS) is 25.9. The Morgan fingerprint density at radius 1 is 1.40 bits per heavy atom. The molecule has 0 aliphatic heterocycles. The van der Waals surface area contributed by atoms with Crippen LogP contribution in [0.5, 0.6) is 0 Å². The smallest absolute Gasteiger partial charge is 0.325 e. The van der Waals surface area contributed by atoms with Gasteiger partial charge in [-0.3, -0.25) is 9.59 Å². The molecule has 1 aliphatic carbocycles. The summed E-state index contributed by atoms with van der Waals surface area (Å²) in [5, 5.41) is 2.32. The van der Waals surface area contributed by atoms with Crippen molar-refractivity contribution in [1.29, 1.82) is 0 Å². The summed E-state index contributed by atoms with van der Waals surface area (Å²) in [5.74, 6) is -5.07. The minimum absolute atomic E-state index is 0.0948. The Morgan fingerprint density at radius 3 is 2.55 bits per heavy atom. The highest BCUT2D eigenvalue weighted by atomic mass is 19.3. The van der Waals surface area contributed by atoms with Crippen LogP contribution in [0.2, 0.25) is 0 Å². The van der Waals surface area contributed by atoms with Gasteiger partial charge in [-0.25, -0.2) is 8.78 Å². The van der Waals surface area contributed by atoms with Gasteiger partial charge in [0.25, 0.3) is 0 Å². The van der Waals surface area contributed by atoms with Gasteiger partial charge >= 0.3 is 5.97 Å². The highest BCUT2D eigenvalue weighted by Gasteiger charge is 2.43. The minimum atomic E-state index is -2.87. The third kappa shape index (κ3) is 5.40. The molecule has 1 rings (SSSR count). The predicted octanol–water partition coefficient (Wildman–Crippen LogP) is 1.21. The fourth-order valence-corrected chi connectivity index (χ4v) is 2.11. The molecule has 5 nitrogen and oxygen atoms in total. The quantitative estimate of drug-likeness (QED) is 0.766. The van der Waals surface area contributed by atoms with E-state index in [9.17, 15) is 18.4 Å². The van der Waals surface area contributed by atoms with Crippen molar-refractivity contribution in [3.8, 4) is 0 Å². The van der Waals surface area contributed by atoms with Gasteiger partial charge in [-0.05, 0) is 27.2 Å². The van der Waals surface area contributed by atoms with Crippen LogP contribution < -0.4 is 11.1 Å². The zero-order valence-corrected chi connectivity index (χ0v) is 12.0. The molecule has 1 saturated carbocycles. The standard InChI is InChI=1S/C13H22F2N2O3/c1-12(2,3)20-10(18)7-17-11(19)8-6-13(14,15)5-4-9(8)16/h8-9H,4-7,16H2,1-3H3,(H,17,19)/t8-,9-/m1/s1. The Labute approximate surface area is 117 Å². The number of carbonyl (C=O) groups is 2. The first-order valence-corrected chi connectivity index (χ1v) is 6.63. The van der Waals surface area contributed by atoms with Gasteiger partial charge in [-0.2, -0.15) is 0 Å². The summed E-state index contributed by atoms with van der Waals surface area (Å²) >= 11 is 0. The lowest BCUT2D eigenvalue weighted by Gasteiger charge is -2.32. The number of ether oxygens (including phenoxy) is 1. The molecule has 0 saturated heterocycles. The molecule has 0 heterocycles. The van der Waals surface area contributed by atoms with Crippen LogP contribution in [0.25, 0.3) is 0 Å². The van der Waals surface area contributed by atoms with Crippen LogP contribution in [0.1, 0.15) is 40.0 Å². The van der Waals surface area contributed by atoms with Crippen molar-refractivity contribution in [3.05, 3.63) is 0 Å². The van der Waals surface area contributed by atoms with Crippen molar-refractivity contribution < 1.29 is 23.1 Å². The van der Waals surface area contributed by atoms with Gasteiger partial charge in [0.15, 0.2) is 0 Å². The zero-order valence-electron chi connectivity index (χ0n) is 12.0. The average Bonchev–Trinajstić information content (AvgIpc) is 2.27. The van der Waals surface area contributed by atoms with E-state index >= 15 is 0 Å². The monoisotopic (exact) mass is 292 g/mol. The number of hydrogen-bond donors (Lipinski definition) is 2. The fourth-order valence-electron chi connectivity index (χ4n) is 2.11. The lowest BCUT2D eigenvalue weighted by molar-refractivity contribution is -0.155. The van der Waals surface area contributed by atoms with Crippen LogP contribution in [0.3, 0.4) is 0 Å². The third-order valence-corrected chi connectivity index (χ3v) is 3.04. The molecule has 0 aromatic rings. The first-order chi connectivity index (χ1) is 9.00. The molecule has 1 fully saturated rings. The second kappa shape index (κ2) is 6.03. The molecular formula is C13H22F2N2O3. The number of carbonyl (C=O) groups excluding carboxylic acids is 2. The van der Waals surface area contributed by atoms with E-state index in [4.69, 9.17) is 10.5 Å². The number of nitrogens with one attached hydrogen (secondary N) is 1. The number of hydrogen-bond acceptors (Lipinski definition) is 4. The summed E-state index contributed by atoms with van der Waals surface area (Å²) in [5.41, 5.74) is 5.04. The van der Waals surface area contributed by atoms with Crippen molar-refractivity contribution in [2.75, 3.05) is 6.54 Å². The molecule has 0 aromatic heterocycles. The minimum Gasteiger partial charge on any atom is -0.459 e. The van der Waals surface area contributed by atoms with Gasteiger partial charge in [-0.1, -0.05) is 0 Å². The zero-order chi connectivity index (χ0) is 15.6. The molecule has 7 heteroatoms. The molecular weight excluding hydrogens is 270 g/mol. The molecule has 3 N–H and O–H groups in total. The Balaban J connectivity index is 2.48. The van der Waals surface area contributed by atoms with Crippen LogP contribution in [0.4, 0.5) is 8.78 Å².